The van der Waals surface area contributed by atoms with Crippen LogP contribution in [0.5, 0.6) is 11.5 Å². The molecule has 2 unspecified atom stereocenters. The van der Waals surface area contributed by atoms with Crippen molar-refractivity contribution in [2.45, 2.75) is 19.1 Å². The fraction of sp³-hybridized carbons (Fsp3) is 0.250. The Kier molecular flexibility index (Phi) is 4.75. The van der Waals surface area contributed by atoms with Crippen LogP contribution in [0.15, 0.2) is 42.5 Å². The lowest BCUT2D eigenvalue weighted by Crippen LogP contribution is -2.29. The predicted octanol–water partition coefficient (Wildman–Crippen LogP) is 3.44. The summed E-state index contributed by atoms with van der Waals surface area (Å²) in [6, 6.07) is 9.95. The normalized spacial score (nSPS) is 13.6. The molecule has 2 rings (SSSR count). The maximum Gasteiger partial charge on any atom is 0.168 e. The number of nitrogens with two attached hydrogens (primary N) is 1. The zero-order chi connectivity index (χ0) is 15.4. The first kappa shape index (κ1) is 15.3. The van der Waals surface area contributed by atoms with Gasteiger partial charge in [-0.25, -0.2) is 8.78 Å². The molecule has 2 aromatic carbocycles. The Morgan fingerprint density at radius 2 is 1.71 bits per heavy atom. The Morgan fingerprint density at radius 1 is 1.05 bits per heavy atom. The second-order valence-electron chi connectivity index (χ2n) is 4.75. The lowest BCUT2D eigenvalue weighted by Gasteiger charge is -2.23. The molecule has 2 N–H and O–H groups in total. The second kappa shape index (κ2) is 6.54. The van der Waals surface area contributed by atoms with Crippen molar-refractivity contribution >= 4 is 0 Å². The Balaban J connectivity index is 2.26. The predicted molar refractivity (Wildman–Crippen MR) is 76.4 cm³/mol. The third-order valence-corrected chi connectivity index (χ3v) is 3.07. The number of halogens is 2. The first-order valence-electron chi connectivity index (χ1n) is 6.52. The summed E-state index contributed by atoms with van der Waals surface area (Å²) >= 11 is 0. The lowest BCUT2D eigenvalue weighted by molar-refractivity contribution is 0.172. The molecule has 112 valence electrons. The molecule has 2 aromatic rings. The van der Waals surface area contributed by atoms with E-state index in [0.29, 0.717) is 5.75 Å². The van der Waals surface area contributed by atoms with Gasteiger partial charge < -0.3 is 15.2 Å². The molecule has 0 fully saturated rings. The number of ether oxygens (including phenoxy) is 2. The molecule has 0 spiro atoms. The second-order valence-corrected chi connectivity index (χ2v) is 4.75. The summed E-state index contributed by atoms with van der Waals surface area (Å²) in [7, 11) is 1.57. The van der Waals surface area contributed by atoms with Gasteiger partial charge in [0.25, 0.3) is 0 Å². The van der Waals surface area contributed by atoms with E-state index in [-0.39, 0.29) is 11.8 Å². The van der Waals surface area contributed by atoms with Crippen molar-refractivity contribution in [3.8, 4) is 11.5 Å². The van der Waals surface area contributed by atoms with Gasteiger partial charge in [-0.2, -0.15) is 0 Å². The first-order valence-corrected chi connectivity index (χ1v) is 6.52. The molecule has 21 heavy (non-hydrogen) atoms. The van der Waals surface area contributed by atoms with Gasteiger partial charge in [-0.1, -0.05) is 12.1 Å². The summed E-state index contributed by atoms with van der Waals surface area (Å²) < 4.78 is 37.3. The Labute approximate surface area is 122 Å². The molecule has 2 atom stereocenters. The van der Waals surface area contributed by atoms with Crippen LogP contribution < -0.4 is 15.2 Å². The molecular weight excluding hydrogens is 276 g/mol. The third kappa shape index (κ3) is 3.70. The van der Waals surface area contributed by atoms with Crippen molar-refractivity contribution in [3.63, 3.8) is 0 Å². The molecule has 5 heteroatoms. The zero-order valence-electron chi connectivity index (χ0n) is 11.8. The largest absolute Gasteiger partial charge is 0.497 e. The van der Waals surface area contributed by atoms with Gasteiger partial charge in [0, 0.05) is 12.1 Å². The number of methoxy groups -OCH3 is 1. The van der Waals surface area contributed by atoms with Crippen molar-refractivity contribution in [3.05, 3.63) is 59.7 Å². The summed E-state index contributed by atoms with van der Waals surface area (Å²) in [5, 5.41) is 0. The molecule has 0 radical (unpaired) electrons. The molecular formula is C16H17F2NO2. The van der Waals surface area contributed by atoms with Crippen molar-refractivity contribution < 1.29 is 18.3 Å². The highest BCUT2D eigenvalue weighted by molar-refractivity contribution is 5.31. The van der Waals surface area contributed by atoms with E-state index in [2.05, 4.69) is 0 Å². The van der Waals surface area contributed by atoms with Crippen LogP contribution in [0.25, 0.3) is 0 Å². The average molecular weight is 293 g/mol. The Morgan fingerprint density at radius 3 is 2.24 bits per heavy atom. The topological polar surface area (TPSA) is 44.5 Å². The quantitative estimate of drug-likeness (QED) is 0.918. The molecule has 0 aliphatic rings. The van der Waals surface area contributed by atoms with Gasteiger partial charge in [-0.3, -0.25) is 0 Å². The summed E-state index contributed by atoms with van der Waals surface area (Å²) in [5.41, 5.74) is 6.70. The number of benzene rings is 2. The SMILES string of the molecule is COc1ccc(C(Oc2ccc(F)cc2F)C(C)N)cc1. The van der Waals surface area contributed by atoms with Crippen molar-refractivity contribution in [2.75, 3.05) is 7.11 Å². The molecule has 3 nitrogen and oxygen atoms in total. The fourth-order valence-electron chi connectivity index (χ4n) is 1.98. The van der Waals surface area contributed by atoms with Crippen LogP contribution >= 0.6 is 0 Å². The minimum atomic E-state index is -0.755. The summed E-state index contributed by atoms with van der Waals surface area (Å²) in [4.78, 5) is 0. The maximum absolute atomic E-state index is 13.7. The standard InChI is InChI=1S/C16H17F2NO2/c1-10(19)16(11-3-6-13(20-2)7-4-11)21-15-8-5-12(17)9-14(15)18/h3-10,16H,19H2,1-2H3. The Hall–Kier alpha value is -2.14. The van der Waals surface area contributed by atoms with E-state index in [0.717, 1.165) is 17.7 Å². The highest BCUT2D eigenvalue weighted by Gasteiger charge is 2.20. The van der Waals surface area contributed by atoms with E-state index in [9.17, 15) is 8.78 Å². The van der Waals surface area contributed by atoms with Gasteiger partial charge in [-0.15, -0.1) is 0 Å². The smallest absolute Gasteiger partial charge is 0.168 e. The van der Waals surface area contributed by atoms with Gasteiger partial charge >= 0.3 is 0 Å². The van der Waals surface area contributed by atoms with Crippen LogP contribution in [0.4, 0.5) is 8.78 Å². The van der Waals surface area contributed by atoms with Crippen molar-refractivity contribution in [2.24, 2.45) is 5.73 Å². The fourth-order valence-corrected chi connectivity index (χ4v) is 1.98. The van der Waals surface area contributed by atoms with Crippen molar-refractivity contribution in [1.82, 2.24) is 0 Å². The molecule has 0 saturated carbocycles. The van der Waals surface area contributed by atoms with E-state index >= 15 is 0 Å². The molecule has 0 aliphatic carbocycles. The maximum atomic E-state index is 13.7. The molecule has 0 bridgehead atoms. The monoisotopic (exact) mass is 293 g/mol. The molecule has 0 amide bonds. The average Bonchev–Trinajstić information content (AvgIpc) is 2.46. The van der Waals surface area contributed by atoms with Crippen LogP contribution in [-0.4, -0.2) is 13.2 Å². The third-order valence-electron chi connectivity index (χ3n) is 3.07. The lowest BCUT2D eigenvalue weighted by atomic mass is 10.0. The minimum absolute atomic E-state index is 0.0329. The molecule has 0 aromatic heterocycles. The Bertz CT molecular complexity index is 600. The van der Waals surface area contributed by atoms with Gasteiger partial charge in [0.05, 0.1) is 7.11 Å². The number of hydrogen-bond donors (Lipinski definition) is 1. The van der Waals surface area contributed by atoms with Crippen LogP contribution in [0.3, 0.4) is 0 Å². The zero-order valence-corrected chi connectivity index (χ0v) is 11.8. The first-order chi connectivity index (χ1) is 10.0. The van der Waals surface area contributed by atoms with E-state index in [1.807, 2.05) is 0 Å². The highest BCUT2D eigenvalue weighted by atomic mass is 19.1. The van der Waals surface area contributed by atoms with E-state index in [1.165, 1.54) is 6.07 Å². The van der Waals surface area contributed by atoms with E-state index in [1.54, 1.807) is 38.3 Å². The van der Waals surface area contributed by atoms with E-state index < -0.39 is 17.7 Å². The van der Waals surface area contributed by atoms with Gasteiger partial charge in [-0.05, 0) is 36.8 Å². The minimum Gasteiger partial charge on any atom is -0.497 e. The van der Waals surface area contributed by atoms with Crippen molar-refractivity contribution in [1.29, 1.82) is 0 Å². The summed E-state index contributed by atoms with van der Waals surface area (Å²) in [6.07, 6.45) is -0.545. The number of hydrogen-bond acceptors (Lipinski definition) is 3. The molecule has 0 saturated heterocycles. The van der Waals surface area contributed by atoms with Gasteiger partial charge in [0.2, 0.25) is 0 Å². The molecule has 0 aliphatic heterocycles. The highest BCUT2D eigenvalue weighted by Crippen LogP contribution is 2.28. The summed E-state index contributed by atoms with van der Waals surface area (Å²) in [6.45, 7) is 1.76. The van der Waals surface area contributed by atoms with Crippen LogP contribution in [0.2, 0.25) is 0 Å². The van der Waals surface area contributed by atoms with Gasteiger partial charge in [0.1, 0.15) is 17.7 Å². The van der Waals surface area contributed by atoms with E-state index in [4.69, 9.17) is 15.2 Å². The molecule has 0 heterocycles. The van der Waals surface area contributed by atoms with Gasteiger partial charge in [0.15, 0.2) is 11.6 Å². The van der Waals surface area contributed by atoms with Crippen LogP contribution in [0, 0.1) is 11.6 Å². The summed E-state index contributed by atoms with van der Waals surface area (Å²) in [5.74, 6) is -0.736. The van der Waals surface area contributed by atoms with Crippen LogP contribution in [-0.2, 0) is 0 Å². The number of rotatable bonds is 5. The van der Waals surface area contributed by atoms with Crippen LogP contribution in [0.1, 0.15) is 18.6 Å².